The number of carboxylic acid groups (broad SMARTS) is 1. The van der Waals surface area contributed by atoms with E-state index >= 15 is 0 Å². The highest BCUT2D eigenvalue weighted by Crippen LogP contribution is 2.35. The summed E-state index contributed by atoms with van der Waals surface area (Å²) in [5.41, 5.74) is 1.62. The van der Waals surface area contributed by atoms with Gasteiger partial charge in [-0.05, 0) is 79.7 Å². The van der Waals surface area contributed by atoms with E-state index < -0.39 is 30.4 Å². The Morgan fingerprint density at radius 2 is 1.74 bits per heavy atom. The molecule has 2 aromatic carbocycles. The van der Waals surface area contributed by atoms with Crippen LogP contribution >= 0.6 is 31.9 Å². The van der Waals surface area contributed by atoms with Crippen molar-refractivity contribution in [2.45, 2.75) is 13.3 Å². The van der Waals surface area contributed by atoms with Gasteiger partial charge in [0.1, 0.15) is 11.3 Å². The number of hydrogen-bond acceptors (Lipinski definition) is 5. The number of halogens is 2. The largest absolute Gasteiger partial charge is 0.480 e. The predicted octanol–water partition coefficient (Wildman–Crippen LogP) is 3.90. The van der Waals surface area contributed by atoms with Gasteiger partial charge < -0.3 is 9.84 Å². The number of imide groups is 2. The summed E-state index contributed by atoms with van der Waals surface area (Å²) in [5, 5.41) is 11.0. The van der Waals surface area contributed by atoms with Crippen molar-refractivity contribution in [1.82, 2.24) is 5.32 Å². The topological polar surface area (TPSA) is 113 Å². The van der Waals surface area contributed by atoms with E-state index in [1.807, 2.05) is 6.92 Å². The fourth-order valence-corrected chi connectivity index (χ4v) is 4.32. The zero-order valence-corrected chi connectivity index (χ0v) is 19.3. The molecule has 1 aliphatic heterocycles. The molecule has 1 saturated heterocycles. The highest BCUT2D eigenvalue weighted by Gasteiger charge is 2.36. The second-order valence-corrected chi connectivity index (χ2v) is 8.18. The molecule has 0 unspecified atom stereocenters. The highest BCUT2D eigenvalue weighted by atomic mass is 79.9. The number of barbiturate groups is 1. The Morgan fingerprint density at radius 1 is 1.13 bits per heavy atom. The lowest BCUT2D eigenvalue weighted by atomic mass is 10.1. The van der Waals surface area contributed by atoms with Crippen LogP contribution in [0, 0.1) is 0 Å². The van der Waals surface area contributed by atoms with Crippen LogP contribution in [0.2, 0.25) is 0 Å². The second-order valence-electron chi connectivity index (χ2n) is 6.47. The number of carboxylic acids is 1. The van der Waals surface area contributed by atoms with Gasteiger partial charge >= 0.3 is 12.0 Å². The lowest BCUT2D eigenvalue weighted by Crippen LogP contribution is -2.54. The number of aliphatic carboxylic acids is 1. The number of aryl methyl sites for hydroxylation is 1. The van der Waals surface area contributed by atoms with Gasteiger partial charge in [-0.1, -0.05) is 19.1 Å². The Morgan fingerprint density at radius 3 is 2.29 bits per heavy atom. The van der Waals surface area contributed by atoms with Gasteiger partial charge in [0.25, 0.3) is 11.8 Å². The molecule has 0 saturated carbocycles. The normalized spacial score (nSPS) is 15.3. The van der Waals surface area contributed by atoms with Crippen LogP contribution in [0.3, 0.4) is 0 Å². The van der Waals surface area contributed by atoms with Crippen molar-refractivity contribution in [3.63, 3.8) is 0 Å². The molecule has 2 aromatic rings. The van der Waals surface area contributed by atoms with Crippen LogP contribution in [0.1, 0.15) is 18.1 Å². The quantitative estimate of drug-likeness (QED) is 0.416. The number of carbonyl (C=O) groups excluding carboxylic acids is 3. The number of ether oxygens (including phenoxy) is 1. The maximum Gasteiger partial charge on any atom is 0.341 e. The molecule has 0 bridgehead atoms. The third kappa shape index (κ3) is 5.02. The minimum atomic E-state index is -1.13. The van der Waals surface area contributed by atoms with Crippen LogP contribution in [-0.4, -0.2) is 35.5 Å². The van der Waals surface area contributed by atoms with Crippen molar-refractivity contribution in [3.05, 3.63) is 62.0 Å². The Labute approximate surface area is 194 Å². The Hall–Kier alpha value is -2.98. The molecule has 10 heteroatoms. The van der Waals surface area contributed by atoms with Crippen molar-refractivity contribution in [2.75, 3.05) is 11.5 Å². The number of amides is 4. The average Bonchev–Trinajstić information content (AvgIpc) is 2.70. The van der Waals surface area contributed by atoms with Crippen molar-refractivity contribution in [2.24, 2.45) is 0 Å². The van der Waals surface area contributed by atoms with E-state index in [2.05, 4.69) is 37.2 Å². The molecular weight excluding hydrogens is 536 g/mol. The third-order valence-corrected chi connectivity index (χ3v) is 5.55. The number of anilines is 1. The first-order valence-electron chi connectivity index (χ1n) is 9.05. The number of rotatable bonds is 6. The molecule has 0 spiro atoms. The molecule has 31 heavy (non-hydrogen) atoms. The average molecular weight is 552 g/mol. The predicted molar refractivity (Wildman–Crippen MR) is 120 cm³/mol. The molecule has 0 radical (unpaired) electrons. The summed E-state index contributed by atoms with van der Waals surface area (Å²) in [5.74, 6) is -2.44. The lowest BCUT2D eigenvalue weighted by Gasteiger charge is -2.26. The number of nitrogens with zero attached hydrogens (tertiary/aromatic N) is 1. The summed E-state index contributed by atoms with van der Waals surface area (Å²) < 4.78 is 6.05. The van der Waals surface area contributed by atoms with Crippen LogP contribution in [0.5, 0.6) is 5.75 Å². The van der Waals surface area contributed by atoms with E-state index in [0.29, 0.717) is 20.2 Å². The molecule has 3 rings (SSSR count). The maximum atomic E-state index is 13.0. The molecule has 4 amide bonds. The van der Waals surface area contributed by atoms with Gasteiger partial charge in [-0.3, -0.25) is 14.9 Å². The smallest absolute Gasteiger partial charge is 0.341 e. The zero-order chi connectivity index (χ0) is 22.7. The second kappa shape index (κ2) is 9.44. The number of benzene rings is 2. The van der Waals surface area contributed by atoms with Crippen molar-refractivity contribution in [3.8, 4) is 5.75 Å². The third-order valence-electron chi connectivity index (χ3n) is 4.38. The first-order valence-corrected chi connectivity index (χ1v) is 10.6. The van der Waals surface area contributed by atoms with Crippen LogP contribution < -0.4 is 15.0 Å². The van der Waals surface area contributed by atoms with Crippen molar-refractivity contribution < 1.29 is 29.0 Å². The number of hydrogen-bond donors (Lipinski definition) is 2. The first kappa shape index (κ1) is 22.7. The standard InChI is InChI=1S/C21H16Br2N2O6/c1-2-11-3-5-13(6-4-11)25-20(29)14(19(28)24-21(25)30)7-12-8-15(22)18(16(23)9-12)31-10-17(26)27/h3-9H,2,10H2,1H3,(H,26,27)(H,24,28,30)/b14-7-. The summed E-state index contributed by atoms with van der Waals surface area (Å²) >= 11 is 6.58. The van der Waals surface area contributed by atoms with Crippen molar-refractivity contribution in [1.29, 1.82) is 0 Å². The first-order chi connectivity index (χ1) is 14.7. The Kier molecular flexibility index (Phi) is 6.91. The fraction of sp³-hybridized carbons (Fsp3) is 0.143. The molecule has 0 aliphatic carbocycles. The molecule has 0 aromatic heterocycles. The van der Waals surface area contributed by atoms with Crippen LogP contribution in [0.4, 0.5) is 10.5 Å². The van der Waals surface area contributed by atoms with Gasteiger partial charge in [0, 0.05) is 0 Å². The number of nitrogens with one attached hydrogen (secondary N) is 1. The molecular formula is C21H16Br2N2O6. The van der Waals surface area contributed by atoms with E-state index in [9.17, 15) is 19.2 Å². The molecule has 1 heterocycles. The molecule has 2 N–H and O–H groups in total. The summed E-state index contributed by atoms with van der Waals surface area (Å²) in [7, 11) is 0. The molecule has 1 aliphatic rings. The lowest BCUT2D eigenvalue weighted by molar-refractivity contribution is -0.139. The van der Waals surface area contributed by atoms with E-state index in [1.54, 1.807) is 36.4 Å². The van der Waals surface area contributed by atoms with Crippen LogP contribution in [0.15, 0.2) is 50.9 Å². The Bertz CT molecular complexity index is 1090. The molecule has 0 atom stereocenters. The van der Waals surface area contributed by atoms with E-state index in [4.69, 9.17) is 9.84 Å². The summed E-state index contributed by atoms with van der Waals surface area (Å²) in [4.78, 5) is 49.3. The molecule has 8 nitrogen and oxygen atoms in total. The Balaban J connectivity index is 1.95. The van der Waals surface area contributed by atoms with Crippen molar-refractivity contribution >= 4 is 67.4 Å². The monoisotopic (exact) mass is 550 g/mol. The van der Waals surface area contributed by atoms with Gasteiger partial charge in [-0.2, -0.15) is 0 Å². The number of carbonyl (C=O) groups is 4. The van der Waals surface area contributed by atoms with Gasteiger partial charge in [0.2, 0.25) is 0 Å². The zero-order valence-electron chi connectivity index (χ0n) is 16.1. The summed E-state index contributed by atoms with van der Waals surface area (Å²) in [6.07, 6.45) is 2.15. The molecule has 1 fully saturated rings. The minimum absolute atomic E-state index is 0.225. The van der Waals surface area contributed by atoms with E-state index in [1.165, 1.54) is 6.08 Å². The van der Waals surface area contributed by atoms with Crippen LogP contribution in [-0.2, 0) is 20.8 Å². The summed E-state index contributed by atoms with van der Waals surface area (Å²) in [6.45, 7) is 1.45. The number of urea groups is 1. The SMILES string of the molecule is CCc1ccc(N2C(=O)NC(=O)/C(=C/c3cc(Br)c(OCC(=O)O)c(Br)c3)C2=O)cc1. The van der Waals surface area contributed by atoms with Gasteiger partial charge in [-0.15, -0.1) is 0 Å². The van der Waals surface area contributed by atoms with Crippen LogP contribution in [0.25, 0.3) is 6.08 Å². The van der Waals surface area contributed by atoms with E-state index in [0.717, 1.165) is 16.9 Å². The fourth-order valence-electron chi connectivity index (χ4n) is 2.87. The molecule has 160 valence electrons. The minimum Gasteiger partial charge on any atom is -0.480 e. The summed E-state index contributed by atoms with van der Waals surface area (Å²) in [6, 6.07) is 9.20. The maximum absolute atomic E-state index is 13.0. The van der Waals surface area contributed by atoms with E-state index in [-0.39, 0.29) is 11.3 Å². The van der Waals surface area contributed by atoms with Gasteiger partial charge in [0.05, 0.1) is 14.6 Å². The highest BCUT2D eigenvalue weighted by molar-refractivity contribution is 9.11. The van der Waals surface area contributed by atoms with Gasteiger partial charge in [0.15, 0.2) is 6.61 Å². The van der Waals surface area contributed by atoms with Gasteiger partial charge in [-0.25, -0.2) is 14.5 Å².